The number of likely N-dealkylation sites (tertiary alicyclic amines) is 1. The maximum atomic E-state index is 13.7. The molecule has 3 aromatic rings. The lowest BCUT2D eigenvalue weighted by molar-refractivity contribution is -0.113. The van der Waals surface area contributed by atoms with Crippen LogP contribution in [0.2, 0.25) is 0 Å². The van der Waals surface area contributed by atoms with E-state index in [9.17, 15) is 4.79 Å². The average Bonchev–Trinajstić information content (AvgIpc) is 3.32. The third kappa shape index (κ3) is 7.63. The lowest BCUT2D eigenvalue weighted by atomic mass is 9.86. The highest BCUT2D eigenvalue weighted by molar-refractivity contribution is 6.14. The van der Waals surface area contributed by atoms with Crippen LogP contribution in [0.25, 0.3) is 12.2 Å². The van der Waals surface area contributed by atoms with Gasteiger partial charge in [0.1, 0.15) is 0 Å². The minimum absolute atomic E-state index is 0.0934. The summed E-state index contributed by atoms with van der Waals surface area (Å²) in [5.41, 5.74) is 7.40. The van der Waals surface area contributed by atoms with Crippen molar-refractivity contribution >= 4 is 17.9 Å². The second-order valence-electron chi connectivity index (χ2n) is 12.9. The number of carbonyl (C=O) groups excluding carboxylic acids is 1. The molecule has 2 heterocycles. The summed E-state index contributed by atoms with van der Waals surface area (Å²) in [4.78, 5) is 16.0. The van der Waals surface area contributed by atoms with Gasteiger partial charge in [0.25, 0.3) is 0 Å². The first-order valence-electron chi connectivity index (χ1n) is 14.2. The number of nitrogens with zero attached hydrogens (tertiary/aromatic N) is 4. The Morgan fingerprint density at radius 3 is 1.72 bits per heavy atom. The molecule has 0 bridgehead atoms. The molecule has 1 saturated heterocycles. The van der Waals surface area contributed by atoms with Gasteiger partial charge in [-0.25, -0.2) is 0 Å². The smallest absolute Gasteiger partial charge is 0.187 e. The quantitative estimate of drug-likeness (QED) is 0.306. The van der Waals surface area contributed by atoms with Gasteiger partial charge >= 0.3 is 0 Å². The van der Waals surface area contributed by atoms with E-state index in [1.165, 1.54) is 11.1 Å². The lowest BCUT2D eigenvalue weighted by Gasteiger charge is -2.29. The van der Waals surface area contributed by atoms with Gasteiger partial charge in [0, 0.05) is 43.5 Å². The van der Waals surface area contributed by atoms with E-state index < -0.39 is 0 Å². The van der Waals surface area contributed by atoms with E-state index in [0.29, 0.717) is 19.6 Å². The van der Waals surface area contributed by atoms with E-state index in [-0.39, 0.29) is 16.6 Å². The highest BCUT2D eigenvalue weighted by Gasteiger charge is 2.27. The van der Waals surface area contributed by atoms with Crippen LogP contribution in [0.15, 0.2) is 65.9 Å². The Labute approximate surface area is 234 Å². The van der Waals surface area contributed by atoms with Crippen LogP contribution < -0.4 is 0 Å². The molecule has 206 valence electrons. The maximum absolute atomic E-state index is 13.7. The number of benzene rings is 2. The summed E-state index contributed by atoms with van der Waals surface area (Å²) in [6, 6.07) is 17.1. The number of hydrogen-bond donors (Lipinski definition) is 0. The molecule has 1 aliphatic heterocycles. The Morgan fingerprint density at radius 1 is 0.795 bits per heavy atom. The highest BCUT2D eigenvalue weighted by atomic mass is 16.1. The topological polar surface area (TPSA) is 51.0 Å². The standard InChI is InChI=1S/C34H44N4O/c1-8-9-18-38-24-31(35-36-38)23-37-21-27(19-25-10-14-29(15-11-25)33(2,3)4)32(39)28(22-37)20-26-12-16-30(17-13-26)34(5,6)7/h10-17,19-20,24H,8-9,18,21-23H2,1-7H3/b27-19-,28-20+. The van der Waals surface area contributed by atoms with Crippen molar-refractivity contribution in [3.63, 3.8) is 0 Å². The van der Waals surface area contributed by atoms with E-state index in [1.54, 1.807) is 0 Å². The summed E-state index contributed by atoms with van der Waals surface area (Å²) in [6.07, 6.45) is 8.35. The minimum Gasteiger partial charge on any atom is -0.289 e. The van der Waals surface area contributed by atoms with Gasteiger partial charge in [0.05, 0.1) is 5.69 Å². The summed E-state index contributed by atoms with van der Waals surface area (Å²) < 4.78 is 1.93. The van der Waals surface area contributed by atoms with Crippen molar-refractivity contribution in [2.24, 2.45) is 0 Å². The number of aromatic nitrogens is 3. The Morgan fingerprint density at radius 2 is 1.28 bits per heavy atom. The van der Waals surface area contributed by atoms with Crippen molar-refractivity contribution in [3.05, 3.63) is 93.8 Å². The summed E-state index contributed by atoms with van der Waals surface area (Å²) >= 11 is 0. The van der Waals surface area contributed by atoms with Crippen LogP contribution in [-0.4, -0.2) is 38.8 Å². The molecule has 5 heteroatoms. The van der Waals surface area contributed by atoms with E-state index in [4.69, 9.17) is 0 Å². The molecule has 0 amide bonds. The van der Waals surface area contributed by atoms with Gasteiger partial charge in [-0.15, -0.1) is 5.10 Å². The summed E-state index contributed by atoms with van der Waals surface area (Å²) in [5, 5.41) is 8.72. The zero-order valence-electron chi connectivity index (χ0n) is 24.8. The third-order valence-electron chi connectivity index (χ3n) is 7.32. The van der Waals surface area contributed by atoms with Gasteiger partial charge in [-0.3, -0.25) is 14.4 Å². The number of hydrogen-bond acceptors (Lipinski definition) is 4. The monoisotopic (exact) mass is 524 g/mol. The fraction of sp³-hybridized carbons (Fsp3) is 0.441. The summed E-state index contributed by atoms with van der Waals surface area (Å²) in [5.74, 6) is 0.123. The fourth-order valence-electron chi connectivity index (χ4n) is 4.85. The first-order valence-corrected chi connectivity index (χ1v) is 14.2. The molecule has 5 nitrogen and oxygen atoms in total. The molecule has 39 heavy (non-hydrogen) atoms. The number of Topliss-reactive ketones (excluding diaryl/α,β-unsaturated/α-hetero) is 1. The first kappa shape index (κ1) is 28.7. The number of carbonyl (C=O) groups is 1. The molecular weight excluding hydrogens is 480 g/mol. The number of aryl methyl sites for hydroxylation is 1. The number of ketones is 1. The van der Waals surface area contributed by atoms with Crippen molar-refractivity contribution in [3.8, 4) is 0 Å². The van der Waals surface area contributed by atoms with Crippen molar-refractivity contribution < 1.29 is 4.79 Å². The van der Waals surface area contributed by atoms with Crippen LogP contribution in [-0.2, 0) is 28.7 Å². The Balaban J connectivity index is 1.63. The van der Waals surface area contributed by atoms with Crippen molar-refractivity contribution in [2.45, 2.75) is 85.2 Å². The Hall–Kier alpha value is -3.31. The third-order valence-corrected chi connectivity index (χ3v) is 7.32. The van der Waals surface area contributed by atoms with Crippen LogP contribution in [0.1, 0.15) is 89.3 Å². The highest BCUT2D eigenvalue weighted by Crippen LogP contribution is 2.27. The van der Waals surface area contributed by atoms with E-state index in [2.05, 4.69) is 124 Å². The zero-order chi connectivity index (χ0) is 28.2. The molecule has 0 aliphatic carbocycles. The average molecular weight is 525 g/mol. The molecule has 0 atom stereocenters. The van der Waals surface area contributed by atoms with Gasteiger partial charge in [0.2, 0.25) is 0 Å². The summed E-state index contributed by atoms with van der Waals surface area (Å²) in [6.45, 7) is 18.2. The molecule has 1 aliphatic rings. The van der Waals surface area contributed by atoms with Gasteiger partial charge in [0.15, 0.2) is 5.78 Å². The fourth-order valence-corrected chi connectivity index (χ4v) is 4.85. The van der Waals surface area contributed by atoms with Gasteiger partial charge < -0.3 is 0 Å². The maximum Gasteiger partial charge on any atom is 0.187 e. The van der Waals surface area contributed by atoms with Crippen LogP contribution in [0.3, 0.4) is 0 Å². The van der Waals surface area contributed by atoms with Crippen LogP contribution in [0, 0.1) is 0 Å². The number of unbranched alkanes of at least 4 members (excludes halogenated alkanes) is 1. The van der Waals surface area contributed by atoms with E-state index in [1.807, 2.05) is 10.9 Å². The first-order chi connectivity index (χ1) is 18.4. The summed E-state index contributed by atoms with van der Waals surface area (Å²) in [7, 11) is 0. The van der Waals surface area contributed by atoms with Gasteiger partial charge in [-0.05, 0) is 51.7 Å². The molecule has 2 aromatic carbocycles. The molecule has 0 spiro atoms. The molecule has 0 N–H and O–H groups in total. The predicted molar refractivity (Wildman–Crippen MR) is 161 cm³/mol. The molecule has 4 rings (SSSR count). The largest absolute Gasteiger partial charge is 0.289 e. The SMILES string of the molecule is CCCCn1cc(CN2C/C(=C/c3ccc(C(C)(C)C)cc3)C(=O)/C(=C/c3ccc(C(C)(C)C)cc3)C2)nn1. The molecular formula is C34H44N4O. The lowest BCUT2D eigenvalue weighted by Crippen LogP contribution is -2.37. The van der Waals surface area contributed by atoms with Crippen molar-refractivity contribution in [1.29, 1.82) is 0 Å². The predicted octanol–water partition coefficient (Wildman–Crippen LogP) is 7.23. The van der Waals surface area contributed by atoms with E-state index >= 15 is 0 Å². The Bertz CT molecular complexity index is 1250. The molecule has 1 fully saturated rings. The molecule has 0 unspecified atom stereocenters. The van der Waals surface area contributed by atoms with Crippen LogP contribution in [0.5, 0.6) is 0 Å². The second-order valence-corrected chi connectivity index (χ2v) is 12.9. The zero-order valence-corrected chi connectivity index (χ0v) is 24.8. The van der Waals surface area contributed by atoms with Crippen molar-refractivity contribution in [1.82, 2.24) is 19.9 Å². The van der Waals surface area contributed by atoms with Crippen LogP contribution >= 0.6 is 0 Å². The molecule has 0 saturated carbocycles. The van der Waals surface area contributed by atoms with Gasteiger partial charge in [-0.2, -0.15) is 0 Å². The Kier molecular flexibility index (Phi) is 8.70. The molecule has 1 aromatic heterocycles. The molecule has 0 radical (unpaired) electrons. The minimum atomic E-state index is 0.0934. The second kappa shape index (κ2) is 11.8. The normalized spacial score (nSPS) is 17.4. The van der Waals surface area contributed by atoms with Crippen LogP contribution in [0.4, 0.5) is 0 Å². The van der Waals surface area contributed by atoms with Gasteiger partial charge in [-0.1, -0.05) is 109 Å². The number of rotatable bonds is 7. The van der Waals surface area contributed by atoms with Crippen molar-refractivity contribution in [2.75, 3.05) is 13.1 Å². The number of piperidine rings is 1. The van der Waals surface area contributed by atoms with E-state index in [0.717, 1.165) is 47.4 Å².